The van der Waals surface area contributed by atoms with E-state index in [-0.39, 0.29) is 29.2 Å². The normalized spacial score (nSPS) is 15.1. The molecule has 1 aliphatic rings. The lowest BCUT2D eigenvalue weighted by atomic mass is 9.95. The summed E-state index contributed by atoms with van der Waals surface area (Å²) in [5, 5.41) is 3.31. The monoisotopic (exact) mass is 549 g/mol. The number of nitrogens with one attached hydrogen (secondary N) is 1. The minimum Gasteiger partial charge on any atom is -0.495 e. The van der Waals surface area contributed by atoms with Crippen LogP contribution in [0.25, 0.3) is 0 Å². The zero-order chi connectivity index (χ0) is 27.2. The van der Waals surface area contributed by atoms with Crippen molar-refractivity contribution >= 4 is 39.1 Å². The van der Waals surface area contributed by atoms with Crippen LogP contribution < -0.4 is 14.4 Å². The highest BCUT2D eigenvalue weighted by Gasteiger charge is 2.31. The van der Waals surface area contributed by atoms with Crippen LogP contribution in [0.1, 0.15) is 50.2 Å². The number of rotatable bonds is 10. The Bertz CT molecular complexity index is 1210. The summed E-state index contributed by atoms with van der Waals surface area (Å²) in [4.78, 5) is 28.4. The smallest absolute Gasteiger partial charge is 0.244 e. The van der Waals surface area contributed by atoms with E-state index in [1.165, 1.54) is 24.1 Å². The van der Waals surface area contributed by atoms with Crippen LogP contribution in [0, 0.1) is 6.92 Å². The molecule has 1 saturated carbocycles. The maximum Gasteiger partial charge on any atom is 0.244 e. The van der Waals surface area contributed by atoms with Crippen molar-refractivity contribution in [3.63, 3.8) is 0 Å². The standard InChI is InChI=1S/C27H36ClN3O5S/c1-19-10-8-9-11-21(19)17-30(20(2)27(33)29-22-12-6-5-7-13-22)26(32)18-31(37(4,34)35)23-14-15-25(36-3)24(28)16-23/h8-11,14-16,20,22H,5-7,12-13,17-18H2,1-4H3,(H,29,33). The summed E-state index contributed by atoms with van der Waals surface area (Å²) in [5.74, 6) is -0.349. The summed E-state index contributed by atoms with van der Waals surface area (Å²) in [6.07, 6.45) is 6.17. The van der Waals surface area contributed by atoms with Gasteiger partial charge in [0.25, 0.3) is 0 Å². The van der Waals surface area contributed by atoms with Crippen molar-refractivity contribution in [3.05, 3.63) is 58.6 Å². The summed E-state index contributed by atoms with van der Waals surface area (Å²) < 4.78 is 31.6. The van der Waals surface area contributed by atoms with Gasteiger partial charge in [-0.1, -0.05) is 55.1 Å². The fraction of sp³-hybridized carbons (Fsp3) is 0.481. The molecule has 2 aromatic carbocycles. The van der Waals surface area contributed by atoms with Crippen molar-refractivity contribution < 1.29 is 22.7 Å². The first-order valence-electron chi connectivity index (χ1n) is 12.5. The molecule has 10 heteroatoms. The van der Waals surface area contributed by atoms with E-state index >= 15 is 0 Å². The van der Waals surface area contributed by atoms with Crippen molar-refractivity contribution in [2.24, 2.45) is 0 Å². The number of ether oxygens (including phenoxy) is 1. The van der Waals surface area contributed by atoms with Gasteiger partial charge in [0.05, 0.1) is 24.1 Å². The fourth-order valence-electron chi connectivity index (χ4n) is 4.55. The molecule has 1 atom stereocenters. The summed E-state index contributed by atoms with van der Waals surface area (Å²) in [5.41, 5.74) is 2.09. The highest BCUT2D eigenvalue weighted by molar-refractivity contribution is 7.92. The van der Waals surface area contributed by atoms with E-state index < -0.39 is 28.5 Å². The highest BCUT2D eigenvalue weighted by atomic mass is 35.5. The van der Waals surface area contributed by atoms with Crippen LogP contribution in [0.3, 0.4) is 0 Å². The number of benzene rings is 2. The molecule has 0 aromatic heterocycles. The average molecular weight is 550 g/mol. The Morgan fingerprint density at radius 1 is 1.14 bits per heavy atom. The van der Waals surface area contributed by atoms with E-state index in [1.54, 1.807) is 13.0 Å². The van der Waals surface area contributed by atoms with Gasteiger partial charge in [-0.05, 0) is 56.0 Å². The molecule has 0 aliphatic heterocycles. The zero-order valence-corrected chi connectivity index (χ0v) is 23.4. The molecule has 0 spiro atoms. The quantitative estimate of drug-likeness (QED) is 0.477. The predicted octanol–water partition coefficient (Wildman–Crippen LogP) is 4.29. The number of anilines is 1. The van der Waals surface area contributed by atoms with Crippen LogP contribution in [0.15, 0.2) is 42.5 Å². The third-order valence-electron chi connectivity index (χ3n) is 6.82. The van der Waals surface area contributed by atoms with E-state index in [1.807, 2.05) is 31.2 Å². The molecule has 2 aromatic rings. The Morgan fingerprint density at radius 2 is 1.81 bits per heavy atom. The second-order valence-electron chi connectivity index (χ2n) is 9.56. The van der Waals surface area contributed by atoms with Crippen molar-refractivity contribution in [1.29, 1.82) is 0 Å². The van der Waals surface area contributed by atoms with Gasteiger partial charge in [0.1, 0.15) is 18.3 Å². The first-order chi connectivity index (χ1) is 17.5. The van der Waals surface area contributed by atoms with Crippen molar-refractivity contribution in [3.8, 4) is 5.75 Å². The number of hydrogen-bond donors (Lipinski definition) is 1. The van der Waals surface area contributed by atoms with Crippen molar-refractivity contribution in [1.82, 2.24) is 10.2 Å². The van der Waals surface area contributed by atoms with Crippen LogP contribution in [0.5, 0.6) is 5.75 Å². The van der Waals surface area contributed by atoms with Gasteiger partial charge in [-0.25, -0.2) is 8.42 Å². The number of hydrogen-bond acceptors (Lipinski definition) is 5. The van der Waals surface area contributed by atoms with Crippen molar-refractivity contribution in [2.45, 2.75) is 64.6 Å². The molecule has 1 unspecified atom stereocenters. The lowest BCUT2D eigenvalue weighted by Gasteiger charge is -2.33. The van der Waals surface area contributed by atoms with Crippen LogP contribution >= 0.6 is 11.6 Å². The molecule has 0 saturated heterocycles. The van der Waals surface area contributed by atoms with Gasteiger partial charge in [0.2, 0.25) is 21.8 Å². The van der Waals surface area contributed by atoms with Crippen molar-refractivity contribution in [2.75, 3.05) is 24.2 Å². The second-order valence-corrected chi connectivity index (χ2v) is 11.9. The summed E-state index contributed by atoms with van der Waals surface area (Å²) in [7, 11) is -2.39. The minimum absolute atomic E-state index is 0.0908. The van der Waals surface area contributed by atoms with Gasteiger partial charge in [0.15, 0.2) is 0 Å². The number of carbonyl (C=O) groups excluding carboxylic acids is 2. The Labute approximate surface area is 225 Å². The molecule has 2 amide bonds. The maximum absolute atomic E-state index is 13.7. The molecule has 3 rings (SSSR count). The number of aryl methyl sites for hydroxylation is 1. The molecule has 0 heterocycles. The summed E-state index contributed by atoms with van der Waals surface area (Å²) in [6.45, 7) is 3.32. The third-order valence-corrected chi connectivity index (χ3v) is 8.26. The highest BCUT2D eigenvalue weighted by Crippen LogP contribution is 2.30. The Balaban J connectivity index is 1.90. The molecule has 8 nitrogen and oxygen atoms in total. The molecular formula is C27H36ClN3O5S. The minimum atomic E-state index is -3.85. The topological polar surface area (TPSA) is 96.0 Å². The van der Waals surface area contributed by atoms with Gasteiger partial charge in [-0.2, -0.15) is 0 Å². The molecule has 37 heavy (non-hydrogen) atoms. The van der Waals surface area contributed by atoms with Crippen LogP contribution in [-0.4, -0.2) is 57.1 Å². The number of halogens is 1. The largest absolute Gasteiger partial charge is 0.495 e. The maximum atomic E-state index is 13.7. The van der Waals surface area contributed by atoms with Crippen LogP contribution in [-0.2, 0) is 26.2 Å². The number of sulfonamides is 1. The van der Waals surface area contributed by atoms with E-state index in [4.69, 9.17) is 16.3 Å². The van der Waals surface area contributed by atoms with Gasteiger partial charge in [-0.3, -0.25) is 13.9 Å². The molecular weight excluding hydrogens is 514 g/mol. The molecule has 1 aliphatic carbocycles. The van der Waals surface area contributed by atoms with Gasteiger partial charge >= 0.3 is 0 Å². The summed E-state index contributed by atoms with van der Waals surface area (Å²) >= 11 is 6.24. The summed E-state index contributed by atoms with van der Waals surface area (Å²) in [6, 6.07) is 11.4. The number of methoxy groups -OCH3 is 1. The Hall–Kier alpha value is -2.78. The molecule has 0 bridgehead atoms. The Kier molecular flexibility index (Phi) is 9.84. The van der Waals surface area contributed by atoms with Crippen LogP contribution in [0.4, 0.5) is 5.69 Å². The zero-order valence-electron chi connectivity index (χ0n) is 21.9. The molecule has 1 fully saturated rings. The fourth-order valence-corrected chi connectivity index (χ4v) is 5.64. The lowest BCUT2D eigenvalue weighted by molar-refractivity contribution is -0.139. The van der Waals surface area contributed by atoms with E-state index in [9.17, 15) is 18.0 Å². The van der Waals surface area contributed by atoms with Gasteiger partial charge in [0, 0.05) is 12.6 Å². The predicted molar refractivity (Wildman–Crippen MR) is 146 cm³/mol. The first kappa shape index (κ1) is 28.8. The van der Waals surface area contributed by atoms with E-state index in [2.05, 4.69) is 5.32 Å². The van der Waals surface area contributed by atoms with Gasteiger partial charge in [-0.15, -0.1) is 0 Å². The lowest BCUT2D eigenvalue weighted by Crippen LogP contribution is -2.53. The van der Waals surface area contributed by atoms with E-state index in [0.717, 1.165) is 53.8 Å². The van der Waals surface area contributed by atoms with Gasteiger partial charge < -0.3 is 15.0 Å². The molecule has 1 N–H and O–H groups in total. The second kappa shape index (κ2) is 12.6. The SMILES string of the molecule is COc1ccc(N(CC(=O)N(Cc2ccccc2C)C(C)C(=O)NC2CCCCC2)S(C)(=O)=O)cc1Cl. The van der Waals surface area contributed by atoms with Crippen LogP contribution in [0.2, 0.25) is 5.02 Å². The molecule has 202 valence electrons. The number of amides is 2. The average Bonchev–Trinajstić information content (AvgIpc) is 2.86. The first-order valence-corrected chi connectivity index (χ1v) is 14.7. The Morgan fingerprint density at radius 3 is 2.41 bits per heavy atom. The van der Waals surface area contributed by atoms with E-state index in [0.29, 0.717) is 5.75 Å². The number of carbonyl (C=O) groups is 2. The number of nitrogens with zero attached hydrogens (tertiary/aromatic N) is 2. The third kappa shape index (κ3) is 7.61. The molecule has 0 radical (unpaired) electrons.